The normalized spacial score (nSPS) is 13.8. The van der Waals surface area contributed by atoms with Crippen LogP contribution in [0, 0.1) is 6.92 Å². The number of hydrogen-bond donors (Lipinski definition) is 1. The second-order valence-electron chi connectivity index (χ2n) is 7.09. The van der Waals surface area contributed by atoms with Gasteiger partial charge in [0.05, 0.1) is 12.8 Å². The fourth-order valence-corrected chi connectivity index (χ4v) is 3.61. The van der Waals surface area contributed by atoms with Gasteiger partial charge in [-0.1, -0.05) is 12.5 Å². The Balaban J connectivity index is 1.60. The van der Waals surface area contributed by atoms with E-state index in [-0.39, 0.29) is 18.0 Å². The minimum atomic E-state index is -0.326. The van der Waals surface area contributed by atoms with Gasteiger partial charge in [-0.15, -0.1) is 0 Å². The Labute approximate surface area is 162 Å². The fraction of sp³-hybridized carbons (Fsp3) is 0.400. The van der Waals surface area contributed by atoms with E-state index in [1.165, 1.54) is 10.9 Å². The highest BCUT2D eigenvalue weighted by Crippen LogP contribution is 2.25. The molecule has 0 saturated heterocycles. The molecule has 1 amide bonds. The molecule has 2 aromatic heterocycles. The summed E-state index contributed by atoms with van der Waals surface area (Å²) in [6.07, 6.45) is 5.56. The molecular weight excluding hydrogens is 358 g/mol. The molecule has 28 heavy (non-hydrogen) atoms. The maximum Gasteiger partial charge on any atom is 0.282 e. The number of nitrogens with one attached hydrogen (secondary N) is 1. The molecule has 0 aliphatic carbocycles. The maximum absolute atomic E-state index is 12.8. The summed E-state index contributed by atoms with van der Waals surface area (Å²) in [5.41, 5.74) is 2.22. The number of amides is 1. The van der Waals surface area contributed by atoms with Crippen LogP contribution in [0.25, 0.3) is 11.2 Å². The van der Waals surface area contributed by atoms with Gasteiger partial charge in [-0.25, -0.2) is 9.97 Å². The van der Waals surface area contributed by atoms with Crippen molar-refractivity contribution in [2.75, 3.05) is 12.4 Å². The summed E-state index contributed by atoms with van der Waals surface area (Å²) in [6.45, 7) is 2.62. The molecule has 0 fully saturated rings. The molecule has 4 rings (SSSR count). The van der Waals surface area contributed by atoms with Gasteiger partial charge in [0, 0.05) is 13.0 Å². The Morgan fingerprint density at radius 1 is 1.29 bits per heavy atom. The monoisotopic (exact) mass is 381 g/mol. The summed E-state index contributed by atoms with van der Waals surface area (Å²) < 4.78 is 8.61. The first-order valence-electron chi connectivity index (χ1n) is 9.46. The van der Waals surface area contributed by atoms with E-state index in [0.717, 1.165) is 43.6 Å². The third kappa shape index (κ3) is 3.37. The molecule has 3 heterocycles. The first-order chi connectivity index (χ1) is 13.6. The molecule has 0 radical (unpaired) electrons. The summed E-state index contributed by atoms with van der Waals surface area (Å²) in [4.78, 5) is 34.3. The van der Waals surface area contributed by atoms with Gasteiger partial charge in [0.25, 0.3) is 5.56 Å². The number of hydrogen-bond acceptors (Lipinski definition) is 5. The minimum Gasteiger partial charge on any atom is -0.495 e. The summed E-state index contributed by atoms with van der Waals surface area (Å²) >= 11 is 0. The lowest BCUT2D eigenvalue weighted by Gasteiger charge is -2.11. The molecule has 3 aromatic rings. The van der Waals surface area contributed by atoms with Gasteiger partial charge in [0.2, 0.25) is 5.91 Å². The number of methoxy groups -OCH3 is 1. The fourth-order valence-electron chi connectivity index (χ4n) is 3.61. The number of aryl methyl sites for hydroxylation is 3. The molecule has 0 unspecified atom stereocenters. The first kappa shape index (κ1) is 18.2. The van der Waals surface area contributed by atoms with Crippen LogP contribution < -0.4 is 15.6 Å². The lowest BCUT2D eigenvalue weighted by atomic mass is 10.2. The van der Waals surface area contributed by atoms with Crippen LogP contribution in [0.2, 0.25) is 0 Å². The van der Waals surface area contributed by atoms with Crippen LogP contribution in [0.4, 0.5) is 5.69 Å². The smallest absolute Gasteiger partial charge is 0.282 e. The summed E-state index contributed by atoms with van der Waals surface area (Å²) in [6, 6.07) is 5.52. The Bertz CT molecular complexity index is 1100. The zero-order valence-electron chi connectivity index (χ0n) is 16.1. The molecule has 0 atom stereocenters. The van der Waals surface area contributed by atoms with E-state index >= 15 is 0 Å². The van der Waals surface area contributed by atoms with E-state index in [9.17, 15) is 9.59 Å². The Morgan fingerprint density at radius 2 is 2.14 bits per heavy atom. The number of carbonyl (C=O) groups excluding carboxylic acids is 1. The lowest BCUT2D eigenvalue weighted by molar-refractivity contribution is -0.116. The highest BCUT2D eigenvalue weighted by molar-refractivity contribution is 5.92. The molecule has 0 spiro atoms. The Morgan fingerprint density at radius 3 is 2.96 bits per heavy atom. The molecule has 8 heteroatoms. The standard InChI is InChI=1S/C20H23N5O3/c1-13-7-8-15(28-2)14(10-13)22-17(26)11-24-12-21-19-18(20(24)27)23-16-6-4-3-5-9-25(16)19/h7-8,10,12H,3-6,9,11H2,1-2H3,(H,22,26). The van der Waals surface area contributed by atoms with Crippen LogP contribution in [-0.2, 0) is 24.3 Å². The van der Waals surface area contributed by atoms with Gasteiger partial charge >= 0.3 is 0 Å². The van der Waals surface area contributed by atoms with E-state index in [2.05, 4.69) is 15.3 Å². The Hall–Kier alpha value is -3.16. The summed E-state index contributed by atoms with van der Waals surface area (Å²) in [7, 11) is 1.55. The molecule has 0 bridgehead atoms. The molecular formula is C20H23N5O3. The van der Waals surface area contributed by atoms with E-state index in [1.54, 1.807) is 13.2 Å². The third-order valence-electron chi connectivity index (χ3n) is 5.03. The summed E-state index contributed by atoms with van der Waals surface area (Å²) in [5, 5.41) is 2.81. The third-order valence-corrected chi connectivity index (χ3v) is 5.03. The van der Waals surface area contributed by atoms with Crippen molar-refractivity contribution >= 4 is 22.8 Å². The molecule has 1 aliphatic rings. The van der Waals surface area contributed by atoms with Gasteiger partial charge in [-0.3, -0.25) is 14.2 Å². The zero-order chi connectivity index (χ0) is 19.7. The lowest BCUT2D eigenvalue weighted by Crippen LogP contribution is -2.28. The number of nitrogens with zero attached hydrogens (tertiary/aromatic N) is 4. The van der Waals surface area contributed by atoms with Gasteiger partial charge in [0.1, 0.15) is 24.4 Å². The number of fused-ring (bicyclic) bond motifs is 3. The topological polar surface area (TPSA) is 91.0 Å². The van der Waals surface area contributed by atoms with Crippen LogP contribution in [0.5, 0.6) is 5.75 Å². The first-order valence-corrected chi connectivity index (χ1v) is 9.46. The van der Waals surface area contributed by atoms with Crippen molar-refractivity contribution in [2.24, 2.45) is 0 Å². The number of imidazole rings is 1. The second kappa shape index (κ2) is 7.46. The highest BCUT2D eigenvalue weighted by atomic mass is 16.5. The van der Waals surface area contributed by atoms with Crippen molar-refractivity contribution in [3.63, 3.8) is 0 Å². The number of anilines is 1. The van der Waals surface area contributed by atoms with Crippen LogP contribution in [0.15, 0.2) is 29.3 Å². The van der Waals surface area contributed by atoms with Gasteiger partial charge < -0.3 is 14.6 Å². The molecule has 1 N–H and O–H groups in total. The number of ether oxygens (including phenoxy) is 1. The molecule has 1 aromatic carbocycles. The zero-order valence-corrected chi connectivity index (χ0v) is 16.1. The van der Waals surface area contributed by atoms with Crippen LogP contribution in [-0.4, -0.2) is 32.1 Å². The van der Waals surface area contributed by atoms with Crippen LogP contribution in [0.3, 0.4) is 0 Å². The van der Waals surface area contributed by atoms with Crippen molar-refractivity contribution in [1.82, 2.24) is 19.1 Å². The minimum absolute atomic E-state index is 0.138. The van der Waals surface area contributed by atoms with E-state index < -0.39 is 0 Å². The SMILES string of the molecule is COc1ccc(C)cc1NC(=O)Cn1cnc2c(nc3n2CCCCC3)c1=O. The van der Waals surface area contributed by atoms with Crippen molar-refractivity contribution < 1.29 is 9.53 Å². The van der Waals surface area contributed by atoms with Crippen molar-refractivity contribution in [3.8, 4) is 5.75 Å². The Kier molecular flexibility index (Phi) is 4.85. The molecule has 0 saturated carbocycles. The van der Waals surface area contributed by atoms with Gasteiger partial charge in [0.15, 0.2) is 11.2 Å². The van der Waals surface area contributed by atoms with Crippen LogP contribution in [0.1, 0.15) is 30.7 Å². The van der Waals surface area contributed by atoms with E-state index in [1.807, 2.05) is 23.6 Å². The largest absolute Gasteiger partial charge is 0.495 e. The van der Waals surface area contributed by atoms with Crippen molar-refractivity contribution in [2.45, 2.75) is 45.7 Å². The maximum atomic E-state index is 12.8. The van der Waals surface area contributed by atoms with Gasteiger partial charge in [-0.05, 0) is 37.5 Å². The number of benzene rings is 1. The number of aromatic nitrogens is 4. The highest BCUT2D eigenvalue weighted by Gasteiger charge is 2.18. The summed E-state index contributed by atoms with van der Waals surface area (Å²) in [5.74, 6) is 1.15. The average Bonchev–Trinajstić information content (AvgIpc) is 2.86. The molecule has 1 aliphatic heterocycles. The molecule has 8 nitrogen and oxygen atoms in total. The number of rotatable bonds is 4. The molecule has 146 valence electrons. The quantitative estimate of drug-likeness (QED) is 0.749. The second-order valence-corrected chi connectivity index (χ2v) is 7.09. The van der Waals surface area contributed by atoms with Gasteiger partial charge in [-0.2, -0.15) is 0 Å². The predicted octanol–water partition coefficient (Wildman–Crippen LogP) is 2.28. The van der Waals surface area contributed by atoms with Crippen molar-refractivity contribution in [1.29, 1.82) is 0 Å². The van der Waals surface area contributed by atoms with Crippen LogP contribution >= 0.6 is 0 Å². The van der Waals surface area contributed by atoms with E-state index in [0.29, 0.717) is 22.6 Å². The van der Waals surface area contributed by atoms with E-state index in [4.69, 9.17) is 4.74 Å². The van der Waals surface area contributed by atoms with Crippen molar-refractivity contribution in [3.05, 3.63) is 46.3 Å². The average molecular weight is 381 g/mol. The predicted molar refractivity (Wildman–Crippen MR) is 106 cm³/mol. The number of carbonyl (C=O) groups is 1.